The summed E-state index contributed by atoms with van der Waals surface area (Å²) in [5.74, 6) is 0.251. The van der Waals surface area contributed by atoms with E-state index >= 15 is 0 Å². The zero-order valence-electron chi connectivity index (χ0n) is 13.5. The molecule has 0 atom stereocenters. The zero-order valence-corrected chi connectivity index (χ0v) is 13.5. The molecule has 6 nitrogen and oxygen atoms in total. The van der Waals surface area contributed by atoms with Crippen molar-refractivity contribution in [2.24, 2.45) is 0 Å². The fraction of sp³-hybridized carbons (Fsp3) is 0.294. The van der Waals surface area contributed by atoms with Gasteiger partial charge in [0.1, 0.15) is 0 Å². The lowest BCUT2D eigenvalue weighted by molar-refractivity contribution is -0.143. The van der Waals surface area contributed by atoms with Crippen molar-refractivity contribution in [3.8, 4) is 11.5 Å². The number of methoxy groups -OCH3 is 2. The van der Waals surface area contributed by atoms with Gasteiger partial charge in [0.25, 0.3) is 5.91 Å². The molecule has 1 aromatic rings. The number of carbonyl (C=O) groups is 2. The minimum Gasteiger partial charge on any atom is -0.493 e. The number of hydrogen-bond donors (Lipinski definition) is 1. The van der Waals surface area contributed by atoms with Crippen molar-refractivity contribution in [1.29, 1.82) is 0 Å². The third kappa shape index (κ3) is 6.69. The topological polar surface area (TPSA) is 73.9 Å². The molecule has 0 aliphatic heterocycles. The lowest BCUT2D eigenvalue weighted by Crippen LogP contribution is -2.28. The molecular formula is C17H21NO5. The summed E-state index contributed by atoms with van der Waals surface area (Å²) in [7, 11) is 3.10. The van der Waals surface area contributed by atoms with Gasteiger partial charge < -0.3 is 19.5 Å². The molecule has 23 heavy (non-hydrogen) atoms. The summed E-state index contributed by atoms with van der Waals surface area (Å²) in [4.78, 5) is 22.9. The fourth-order valence-electron chi connectivity index (χ4n) is 1.67. The monoisotopic (exact) mass is 319 g/mol. The first-order valence-electron chi connectivity index (χ1n) is 7.04. The van der Waals surface area contributed by atoms with E-state index in [1.54, 1.807) is 44.6 Å². The average Bonchev–Trinajstić information content (AvgIpc) is 2.58. The summed E-state index contributed by atoms with van der Waals surface area (Å²) in [5, 5.41) is 2.66. The Labute approximate surface area is 135 Å². The van der Waals surface area contributed by atoms with Crippen molar-refractivity contribution >= 4 is 11.9 Å². The van der Waals surface area contributed by atoms with Gasteiger partial charge >= 0.3 is 5.97 Å². The van der Waals surface area contributed by atoms with Crippen LogP contribution in [0.1, 0.15) is 12.5 Å². The number of amides is 1. The van der Waals surface area contributed by atoms with Crippen LogP contribution in [0.3, 0.4) is 0 Å². The van der Waals surface area contributed by atoms with E-state index in [2.05, 4.69) is 5.32 Å². The second-order valence-corrected chi connectivity index (χ2v) is 4.46. The van der Waals surface area contributed by atoms with Crippen LogP contribution in [0.5, 0.6) is 11.5 Å². The number of benzene rings is 1. The van der Waals surface area contributed by atoms with Crippen molar-refractivity contribution in [2.45, 2.75) is 13.5 Å². The molecular weight excluding hydrogens is 298 g/mol. The van der Waals surface area contributed by atoms with E-state index in [9.17, 15) is 9.59 Å². The molecule has 1 amide bonds. The number of esters is 1. The van der Waals surface area contributed by atoms with Crippen molar-refractivity contribution < 1.29 is 23.8 Å². The van der Waals surface area contributed by atoms with Crippen LogP contribution in [0.4, 0.5) is 0 Å². The van der Waals surface area contributed by atoms with Crippen LogP contribution in [0.15, 0.2) is 42.5 Å². The van der Waals surface area contributed by atoms with Gasteiger partial charge in [0, 0.05) is 12.6 Å². The third-order valence-corrected chi connectivity index (χ3v) is 2.82. The van der Waals surface area contributed by atoms with E-state index in [0.717, 1.165) is 5.56 Å². The van der Waals surface area contributed by atoms with Crippen LogP contribution >= 0.6 is 0 Å². The quantitative estimate of drug-likeness (QED) is 0.451. The lowest BCUT2D eigenvalue weighted by Gasteiger charge is -2.10. The van der Waals surface area contributed by atoms with Gasteiger partial charge in [0.2, 0.25) is 0 Å². The predicted octanol–water partition coefficient (Wildman–Crippen LogP) is 2.00. The van der Waals surface area contributed by atoms with E-state index in [-0.39, 0.29) is 12.5 Å². The Morgan fingerprint density at radius 2 is 1.87 bits per heavy atom. The molecule has 1 N–H and O–H groups in total. The molecule has 0 aliphatic carbocycles. The molecule has 6 heteroatoms. The van der Waals surface area contributed by atoms with Gasteiger partial charge in [-0.1, -0.05) is 24.3 Å². The van der Waals surface area contributed by atoms with Gasteiger partial charge in [-0.05, 0) is 24.6 Å². The molecule has 0 aromatic heterocycles. The van der Waals surface area contributed by atoms with Crippen LogP contribution in [0, 0.1) is 0 Å². The SMILES string of the molecule is C/C=C/C=C/C(=O)OCC(=O)NCc1ccc(OC)c(OC)c1. The van der Waals surface area contributed by atoms with Crippen LogP contribution in [-0.2, 0) is 20.9 Å². The second-order valence-electron chi connectivity index (χ2n) is 4.46. The van der Waals surface area contributed by atoms with Gasteiger partial charge in [-0.15, -0.1) is 0 Å². The Morgan fingerprint density at radius 3 is 2.52 bits per heavy atom. The highest BCUT2D eigenvalue weighted by Crippen LogP contribution is 2.27. The van der Waals surface area contributed by atoms with E-state index in [1.165, 1.54) is 6.08 Å². The second kappa shape index (κ2) is 10.0. The maximum absolute atomic E-state index is 11.6. The minimum absolute atomic E-state index is 0.297. The van der Waals surface area contributed by atoms with Gasteiger partial charge in [0.15, 0.2) is 18.1 Å². The van der Waals surface area contributed by atoms with Crippen LogP contribution in [0.2, 0.25) is 0 Å². The Bertz CT molecular complexity index is 593. The lowest BCUT2D eigenvalue weighted by atomic mass is 10.2. The molecule has 1 rings (SSSR count). The van der Waals surface area contributed by atoms with Gasteiger partial charge in [-0.25, -0.2) is 4.79 Å². The minimum atomic E-state index is -0.565. The number of rotatable bonds is 8. The largest absolute Gasteiger partial charge is 0.493 e. The Kier molecular flexibility index (Phi) is 7.99. The fourth-order valence-corrected chi connectivity index (χ4v) is 1.67. The Hall–Kier alpha value is -2.76. The number of carbonyl (C=O) groups excluding carboxylic acids is 2. The van der Waals surface area contributed by atoms with E-state index in [0.29, 0.717) is 18.0 Å². The first-order chi connectivity index (χ1) is 11.1. The van der Waals surface area contributed by atoms with Crippen molar-refractivity contribution in [3.63, 3.8) is 0 Å². The molecule has 0 saturated carbocycles. The molecule has 0 radical (unpaired) electrons. The Morgan fingerprint density at radius 1 is 1.13 bits per heavy atom. The maximum Gasteiger partial charge on any atom is 0.331 e. The highest BCUT2D eigenvalue weighted by Gasteiger charge is 2.07. The standard InChI is InChI=1S/C17H21NO5/c1-4-5-6-7-17(20)23-12-16(19)18-11-13-8-9-14(21-2)15(10-13)22-3/h4-10H,11-12H2,1-3H3,(H,18,19)/b5-4+,7-6+. The Balaban J connectivity index is 2.43. The number of nitrogens with one attached hydrogen (secondary N) is 1. The van der Waals surface area contributed by atoms with E-state index < -0.39 is 5.97 Å². The summed E-state index contributed by atoms with van der Waals surface area (Å²) in [6, 6.07) is 5.34. The summed E-state index contributed by atoms with van der Waals surface area (Å²) in [6.45, 7) is 1.80. The summed E-state index contributed by atoms with van der Waals surface area (Å²) < 4.78 is 15.1. The van der Waals surface area contributed by atoms with Crippen LogP contribution in [0.25, 0.3) is 0 Å². The first-order valence-corrected chi connectivity index (χ1v) is 7.04. The van der Waals surface area contributed by atoms with Crippen LogP contribution < -0.4 is 14.8 Å². The molecule has 0 unspecified atom stereocenters. The molecule has 1 aromatic carbocycles. The van der Waals surface area contributed by atoms with Gasteiger partial charge in [0.05, 0.1) is 14.2 Å². The summed E-state index contributed by atoms with van der Waals surface area (Å²) >= 11 is 0. The highest BCUT2D eigenvalue weighted by molar-refractivity contribution is 5.85. The molecule has 0 spiro atoms. The smallest absolute Gasteiger partial charge is 0.331 e. The maximum atomic E-state index is 11.6. The zero-order chi connectivity index (χ0) is 17.1. The number of hydrogen-bond acceptors (Lipinski definition) is 5. The molecule has 0 aliphatic rings. The normalized spacial score (nSPS) is 10.7. The molecule has 0 fully saturated rings. The molecule has 0 bridgehead atoms. The van der Waals surface area contributed by atoms with E-state index in [1.807, 2.05) is 13.0 Å². The van der Waals surface area contributed by atoms with Gasteiger partial charge in [-0.2, -0.15) is 0 Å². The first kappa shape index (κ1) is 18.3. The molecule has 0 heterocycles. The molecule has 0 saturated heterocycles. The number of ether oxygens (including phenoxy) is 3. The third-order valence-electron chi connectivity index (χ3n) is 2.82. The van der Waals surface area contributed by atoms with Crippen LogP contribution in [-0.4, -0.2) is 32.7 Å². The van der Waals surface area contributed by atoms with Crippen molar-refractivity contribution in [2.75, 3.05) is 20.8 Å². The average molecular weight is 319 g/mol. The van der Waals surface area contributed by atoms with Gasteiger partial charge in [-0.3, -0.25) is 4.79 Å². The summed E-state index contributed by atoms with van der Waals surface area (Å²) in [6.07, 6.45) is 6.27. The van der Waals surface area contributed by atoms with E-state index in [4.69, 9.17) is 14.2 Å². The van der Waals surface area contributed by atoms with Crippen molar-refractivity contribution in [1.82, 2.24) is 5.32 Å². The van der Waals surface area contributed by atoms with Crippen molar-refractivity contribution in [3.05, 3.63) is 48.1 Å². The number of allylic oxidation sites excluding steroid dienone is 3. The predicted molar refractivity (Wildman–Crippen MR) is 86.3 cm³/mol. The summed E-state index contributed by atoms with van der Waals surface area (Å²) in [5.41, 5.74) is 0.843. The highest BCUT2D eigenvalue weighted by atomic mass is 16.5. The molecule has 124 valence electrons.